The SMILES string of the molecule is CCOc1cc(C)ccc1NC(=O)c1ccc2c(c1)CCN2.Cl. The van der Waals surface area contributed by atoms with Gasteiger partial charge < -0.3 is 15.4 Å². The fraction of sp³-hybridized carbons (Fsp3) is 0.278. The van der Waals surface area contributed by atoms with Crippen molar-refractivity contribution in [3.8, 4) is 5.75 Å². The fourth-order valence-electron chi connectivity index (χ4n) is 2.65. The lowest BCUT2D eigenvalue weighted by molar-refractivity contribution is 0.102. The number of carbonyl (C=O) groups excluding carboxylic acids is 1. The highest BCUT2D eigenvalue weighted by atomic mass is 35.5. The van der Waals surface area contributed by atoms with Crippen molar-refractivity contribution >= 4 is 29.7 Å². The number of ether oxygens (including phenoxy) is 1. The van der Waals surface area contributed by atoms with E-state index in [1.54, 1.807) is 0 Å². The number of halogens is 1. The lowest BCUT2D eigenvalue weighted by Crippen LogP contribution is -2.13. The molecule has 1 aliphatic heterocycles. The molecule has 0 bridgehead atoms. The third kappa shape index (κ3) is 3.77. The Morgan fingerprint density at radius 2 is 2.09 bits per heavy atom. The van der Waals surface area contributed by atoms with Gasteiger partial charge in [-0.05, 0) is 61.7 Å². The van der Waals surface area contributed by atoms with E-state index >= 15 is 0 Å². The van der Waals surface area contributed by atoms with Crippen LogP contribution in [0.25, 0.3) is 0 Å². The van der Waals surface area contributed by atoms with Crippen LogP contribution in [-0.4, -0.2) is 19.1 Å². The van der Waals surface area contributed by atoms with Gasteiger partial charge in [-0.1, -0.05) is 6.07 Å². The number of hydrogen-bond acceptors (Lipinski definition) is 3. The summed E-state index contributed by atoms with van der Waals surface area (Å²) in [6, 6.07) is 11.6. The number of hydrogen-bond donors (Lipinski definition) is 2. The molecule has 122 valence electrons. The maximum atomic E-state index is 12.5. The van der Waals surface area contributed by atoms with Gasteiger partial charge in [0.15, 0.2) is 0 Å². The van der Waals surface area contributed by atoms with Gasteiger partial charge >= 0.3 is 0 Å². The van der Waals surface area contributed by atoms with Crippen molar-refractivity contribution in [2.75, 3.05) is 23.8 Å². The molecule has 3 rings (SSSR count). The minimum Gasteiger partial charge on any atom is -0.492 e. The van der Waals surface area contributed by atoms with E-state index in [9.17, 15) is 4.79 Å². The Bertz CT molecular complexity index is 716. The van der Waals surface area contributed by atoms with Crippen LogP contribution in [0.15, 0.2) is 36.4 Å². The van der Waals surface area contributed by atoms with E-state index in [1.807, 2.05) is 50.2 Å². The highest BCUT2D eigenvalue weighted by Gasteiger charge is 2.15. The molecule has 23 heavy (non-hydrogen) atoms. The summed E-state index contributed by atoms with van der Waals surface area (Å²) in [6.45, 7) is 5.44. The quantitative estimate of drug-likeness (QED) is 0.888. The number of benzene rings is 2. The Kier molecular flexibility index (Phi) is 5.50. The summed E-state index contributed by atoms with van der Waals surface area (Å²) in [5.74, 6) is 0.596. The average molecular weight is 333 g/mol. The first-order valence-electron chi connectivity index (χ1n) is 7.59. The Morgan fingerprint density at radius 1 is 1.26 bits per heavy atom. The van der Waals surface area contributed by atoms with Crippen molar-refractivity contribution in [3.05, 3.63) is 53.1 Å². The summed E-state index contributed by atoms with van der Waals surface area (Å²) >= 11 is 0. The molecule has 0 aliphatic carbocycles. The molecule has 2 aromatic rings. The first-order chi connectivity index (χ1) is 10.7. The zero-order valence-corrected chi connectivity index (χ0v) is 14.1. The molecule has 0 unspecified atom stereocenters. The average Bonchev–Trinajstić information content (AvgIpc) is 2.97. The smallest absolute Gasteiger partial charge is 0.255 e. The second-order valence-corrected chi connectivity index (χ2v) is 5.44. The summed E-state index contributed by atoms with van der Waals surface area (Å²) in [5, 5.41) is 6.24. The van der Waals surface area contributed by atoms with Crippen LogP contribution in [0.3, 0.4) is 0 Å². The van der Waals surface area contributed by atoms with Crippen molar-refractivity contribution < 1.29 is 9.53 Å². The molecule has 0 radical (unpaired) electrons. The van der Waals surface area contributed by atoms with Gasteiger partial charge in [0.2, 0.25) is 0 Å². The number of aryl methyl sites for hydroxylation is 1. The van der Waals surface area contributed by atoms with Crippen LogP contribution in [0.1, 0.15) is 28.4 Å². The van der Waals surface area contributed by atoms with Crippen LogP contribution in [0, 0.1) is 6.92 Å². The first kappa shape index (κ1) is 17.2. The van der Waals surface area contributed by atoms with Crippen molar-refractivity contribution in [2.24, 2.45) is 0 Å². The molecule has 0 atom stereocenters. The van der Waals surface area contributed by atoms with Crippen molar-refractivity contribution in [1.29, 1.82) is 0 Å². The van der Waals surface area contributed by atoms with E-state index < -0.39 is 0 Å². The zero-order valence-electron chi connectivity index (χ0n) is 13.3. The summed E-state index contributed by atoms with van der Waals surface area (Å²) in [5.41, 5.74) is 4.80. The van der Waals surface area contributed by atoms with Crippen LogP contribution >= 0.6 is 12.4 Å². The molecule has 4 nitrogen and oxygen atoms in total. The Balaban J connectivity index is 0.00000192. The summed E-state index contributed by atoms with van der Waals surface area (Å²) in [7, 11) is 0. The topological polar surface area (TPSA) is 50.4 Å². The van der Waals surface area contributed by atoms with E-state index in [0.29, 0.717) is 23.6 Å². The van der Waals surface area contributed by atoms with Gasteiger partial charge in [0.1, 0.15) is 5.75 Å². The summed E-state index contributed by atoms with van der Waals surface area (Å²) in [4.78, 5) is 12.5. The number of anilines is 2. The van der Waals surface area contributed by atoms with Crippen LogP contribution < -0.4 is 15.4 Å². The Labute approximate surface area is 142 Å². The van der Waals surface area contributed by atoms with Crippen molar-refractivity contribution in [2.45, 2.75) is 20.3 Å². The molecule has 5 heteroatoms. The highest BCUT2D eigenvalue weighted by molar-refractivity contribution is 6.05. The van der Waals surface area contributed by atoms with Gasteiger partial charge in [-0.2, -0.15) is 0 Å². The third-order valence-corrected chi connectivity index (χ3v) is 3.76. The summed E-state index contributed by atoms with van der Waals surface area (Å²) < 4.78 is 5.60. The largest absolute Gasteiger partial charge is 0.492 e. The lowest BCUT2D eigenvalue weighted by atomic mass is 10.1. The van der Waals surface area contributed by atoms with Gasteiger partial charge in [0.25, 0.3) is 5.91 Å². The second kappa shape index (κ2) is 7.38. The molecule has 0 spiro atoms. The number of nitrogens with one attached hydrogen (secondary N) is 2. The normalized spacial score (nSPS) is 11.9. The van der Waals surface area contributed by atoms with Crippen LogP contribution in [-0.2, 0) is 6.42 Å². The van der Waals surface area contributed by atoms with E-state index in [-0.39, 0.29) is 18.3 Å². The van der Waals surface area contributed by atoms with Crippen molar-refractivity contribution in [1.82, 2.24) is 0 Å². The maximum absolute atomic E-state index is 12.5. The third-order valence-electron chi connectivity index (χ3n) is 3.76. The molecule has 0 saturated carbocycles. The molecule has 0 saturated heterocycles. The second-order valence-electron chi connectivity index (χ2n) is 5.44. The van der Waals surface area contributed by atoms with E-state index in [2.05, 4.69) is 10.6 Å². The standard InChI is InChI=1S/C18H20N2O2.ClH/c1-3-22-17-10-12(2)4-6-16(17)20-18(21)14-5-7-15-13(11-14)8-9-19-15;/h4-7,10-11,19H,3,8-9H2,1-2H3,(H,20,21);1H. The number of rotatable bonds is 4. The molecular weight excluding hydrogens is 312 g/mol. The highest BCUT2D eigenvalue weighted by Crippen LogP contribution is 2.27. The van der Waals surface area contributed by atoms with Crippen LogP contribution in [0.5, 0.6) is 5.75 Å². The van der Waals surface area contributed by atoms with Gasteiger partial charge in [-0.3, -0.25) is 4.79 Å². The molecule has 1 heterocycles. The molecule has 0 aromatic heterocycles. The Morgan fingerprint density at radius 3 is 2.87 bits per heavy atom. The van der Waals surface area contributed by atoms with Crippen molar-refractivity contribution in [3.63, 3.8) is 0 Å². The molecule has 0 fully saturated rings. The van der Waals surface area contributed by atoms with E-state index in [1.165, 1.54) is 5.56 Å². The number of carbonyl (C=O) groups is 1. The van der Waals surface area contributed by atoms with E-state index in [4.69, 9.17) is 4.74 Å². The molecule has 1 aliphatic rings. The Hall–Kier alpha value is -2.20. The first-order valence-corrected chi connectivity index (χ1v) is 7.59. The lowest BCUT2D eigenvalue weighted by Gasteiger charge is -2.12. The van der Waals surface area contributed by atoms with Crippen LogP contribution in [0.2, 0.25) is 0 Å². The molecule has 1 amide bonds. The minimum atomic E-state index is -0.112. The molecular formula is C18H21ClN2O2. The van der Waals surface area contributed by atoms with Gasteiger partial charge in [-0.25, -0.2) is 0 Å². The van der Waals surface area contributed by atoms with Gasteiger partial charge in [0.05, 0.1) is 12.3 Å². The predicted molar refractivity (Wildman–Crippen MR) is 96.2 cm³/mol. The van der Waals surface area contributed by atoms with Crippen LogP contribution in [0.4, 0.5) is 11.4 Å². The number of amides is 1. The fourth-order valence-corrected chi connectivity index (χ4v) is 2.65. The monoisotopic (exact) mass is 332 g/mol. The molecule has 2 N–H and O–H groups in total. The maximum Gasteiger partial charge on any atom is 0.255 e. The zero-order chi connectivity index (χ0) is 15.5. The van der Waals surface area contributed by atoms with E-state index in [0.717, 1.165) is 24.2 Å². The van der Waals surface area contributed by atoms with Gasteiger partial charge in [0, 0.05) is 17.8 Å². The number of fused-ring (bicyclic) bond motifs is 1. The van der Waals surface area contributed by atoms with Gasteiger partial charge in [-0.15, -0.1) is 12.4 Å². The molecule has 2 aromatic carbocycles. The predicted octanol–water partition coefficient (Wildman–Crippen LogP) is 4.04. The summed E-state index contributed by atoms with van der Waals surface area (Å²) in [6.07, 6.45) is 0.963. The minimum absolute atomic E-state index is 0.